The van der Waals surface area contributed by atoms with Crippen molar-refractivity contribution >= 4 is 23.0 Å². The quantitative estimate of drug-likeness (QED) is 0.611. The van der Waals surface area contributed by atoms with E-state index in [4.69, 9.17) is 9.84 Å². The number of aliphatic hydroxyl groups is 1. The monoisotopic (exact) mass is 279 g/mol. The summed E-state index contributed by atoms with van der Waals surface area (Å²) >= 11 is 0. The van der Waals surface area contributed by atoms with Crippen molar-refractivity contribution in [2.24, 2.45) is 5.92 Å². The molecule has 1 fully saturated rings. The largest absolute Gasteiger partial charge is 0.481 e. The van der Waals surface area contributed by atoms with Gasteiger partial charge in [-0.05, 0) is 6.07 Å². The van der Waals surface area contributed by atoms with Gasteiger partial charge in [0.2, 0.25) is 0 Å². The van der Waals surface area contributed by atoms with Gasteiger partial charge in [-0.15, -0.1) is 0 Å². The van der Waals surface area contributed by atoms with E-state index in [0.29, 0.717) is 30.2 Å². The van der Waals surface area contributed by atoms with Gasteiger partial charge in [-0.3, -0.25) is 14.9 Å². The molecule has 8 nitrogen and oxygen atoms in total. The highest BCUT2D eigenvalue weighted by Gasteiger charge is 2.33. The molecule has 1 amide bonds. The predicted molar refractivity (Wildman–Crippen MR) is 70.0 cm³/mol. The van der Waals surface area contributed by atoms with Crippen molar-refractivity contribution in [3.63, 3.8) is 0 Å². The summed E-state index contributed by atoms with van der Waals surface area (Å²) in [5.41, 5.74) is 0.815. The number of rotatable bonds is 3. The van der Waals surface area contributed by atoms with E-state index in [1.54, 1.807) is 11.0 Å². The smallest absolute Gasteiger partial charge is 0.296 e. The average molecular weight is 279 g/mol. The second-order valence-corrected chi connectivity index (χ2v) is 4.88. The summed E-state index contributed by atoms with van der Waals surface area (Å²) in [6.45, 7) is 1.05. The molecule has 20 heavy (non-hydrogen) atoms. The van der Waals surface area contributed by atoms with Crippen LogP contribution in [0.1, 0.15) is 0 Å². The lowest BCUT2D eigenvalue weighted by atomic mass is 9.99. The Bertz CT molecular complexity index is 583. The third kappa shape index (κ3) is 2.03. The molecule has 3 rings (SSSR count). The Morgan fingerprint density at radius 3 is 2.90 bits per heavy atom. The highest BCUT2D eigenvalue weighted by Crippen LogP contribution is 2.41. The van der Waals surface area contributed by atoms with Gasteiger partial charge in [-0.25, -0.2) is 0 Å². The number of aliphatic hydroxyl groups excluding tert-OH is 1. The van der Waals surface area contributed by atoms with Gasteiger partial charge in [0.05, 0.1) is 16.7 Å². The molecule has 8 heteroatoms. The van der Waals surface area contributed by atoms with Crippen molar-refractivity contribution in [2.75, 3.05) is 36.5 Å². The van der Waals surface area contributed by atoms with E-state index < -0.39 is 4.92 Å². The normalized spacial score (nSPS) is 17.9. The number of nitrogens with one attached hydrogen (secondary N) is 1. The molecule has 0 aromatic heterocycles. The van der Waals surface area contributed by atoms with Crippen molar-refractivity contribution in [2.45, 2.75) is 0 Å². The summed E-state index contributed by atoms with van der Waals surface area (Å²) in [5, 5.41) is 22.8. The fourth-order valence-electron chi connectivity index (χ4n) is 2.39. The molecule has 0 spiro atoms. The molecule has 0 radical (unpaired) electrons. The first-order valence-corrected chi connectivity index (χ1v) is 6.19. The van der Waals surface area contributed by atoms with Crippen LogP contribution >= 0.6 is 0 Å². The molecule has 1 aromatic carbocycles. The van der Waals surface area contributed by atoms with Crippen LogP contribution in [0.25, 0.3) is 0 Å². The molecular formula is C12H13N3O5. The summed E-state index contributed by atoms with van der Waals surface area (Å²) in [4.78, 5) is 23.8. The zero-order valence-corrected chi connectivity index (χ0v) is 10.5. The number of nitro groups is 1. The maximum atomic E-state index is 11.3. The summed E-state index contributed by atoms with van der Waals surface area (Å²) in [6, 6.07) is 2.88. The first-order valence-electron chi connectivity index (χ1n) is 6.19. The lowest BCUT2D eigenvalue weighted by molar-refractivity contribution is -0.384. The number of hydrogen-bond acceptors (Lipinski definition) is 6. The highest BCUT2D eigenvalue weighted by atomic mass is 16.6. The standard InChI is InChI=1S/C12H13N3O5/c16-5-7-3-14(4-7)9-1-8-11(2-10(9)15(18)19)20-6-12(17)13-8/h1-2,7,16H,3-6H2,(H,13,17). The number of fused-ring (bicyclic) bond motifs is 1. The van der Waals surface area contributed by atoms with Crippen LogP contribution in [-0.4, -0.2) is 42.2 Å². The number of ether oxygens (including phenoxy) is 1. The Morgan fingerprint density at radius 2 is 2.25 bits per heavy atom. The Kier molecular flexibility index (Phi) is 2.94. The molecule has 0 atom stereocenters. The highest BCUT2D eigenvalue weighted by molar-refractivity contribution is 5.97. The number of carbonyl (C=O) groups excluding carboxylic acids is 1. The van der Waals surface area contributed by atoms with E-state index >= 15 is 0 Å². The molecule has 2 aliphatic heterocycles. The maximum absolute atomic E-state index is 11.3. The minimum Gasteiger partial charge on any atom is -0.481 e. The fraction of sp³-hybridized carbons (Fsp3) is 0.417. The van der Waals surface area contributed by atoms with Gasteiger partial charge in [-0.1, -0.05) is 0 Å². The zero-order valence-electron chi connectivity index (χ0n) is 10.5. The summed E-state index contributed by atoms with van der Waals surface area (Å²) in [6.07, 6.45) is 0. The van der Waals surface area contributed by atoms with Crippen LogP contribution in [0, 0.1) is 16.0 Å². The molecule has 2 N–H and O–H groups in total. The topological polar surface area (TPSA) is 105 Å². The van der Waals surface area contributed by atoms with Gasteiger partial charge < -0.3 is 20.1 Å². The second-order valence-electron chi connectivity index (χ2n) is 4.88. The van der Waals surface area contributed by atoms with E-state index in [1.165, 1.54) is 6.07 Å². The molecule has 2 heterocycles. The maximum Gasteiger partial charge on any atom is 0.296 e. The Hall–Kier alpha value is -2.35. The lowest BCUT2D eigenvalue weighted by Crippen LogP contribution is -2.48. The molecular weight excluding hydrogens is 266 g/mol. The Labute approximate surface area is 114 Å². The third-order valence-electron chi connectivity index (χ3n) is 3.46. The summed E-state index contributed by atoms with van der Waals surface area (Å²) in [5.74, 6) is 0.157. The fourth-order valence-corrected chi connectivity index (χ4v) is 2.39. The number of nitro benzene ring substituents is 1. The number of nitrogens with zero attached hydrogens (tertiary/aromatic N) is 2. The number of benzene rings is 1. The van der Waals surface area contributed by atoms with E-state index in [1.807, 2.05) is 0 Å². The third-order valence-corrected chi connectivity index (χ3v) is 3.46. The molecule has 2 aliphatic rings. The van der Waals surface area contributed by atoms with Crippen LogP contribution in [0.15, 0.2) is 12.1 Å². The number of amides is 1. The Balaban J connectivity index is 1.97. The molecule has 1 aromatic rings. The van der Waals surface area contributed by atoms with Gasteiger partial charge in [-0.2, -0.15) is 0 Å². The van der Waals surface area contributed by atoms with Crippen LogP contribution in [0.4, 0.5) is 17.1 Å². The van der Waals surface area contributed by atoms with Crippen LogP contribution in [0.5, 0.6) is 5.75 Å². The van der Waals surface area contributed by atoms with Crippen LogP contribution in [0.2, 0.25) is 0 Å². The van der Waals surface area contributed by atoms with Gasteiger partial charge in [0.1, 0.15) is 5.69 Å². The molecule has 0 aliphatic carbocycles. The summed E-state index contributed by atoms with van der Waals surface area (Å²) in [7, 11) is 0. The van der Waals surface area contributed by atoms with Crippen molar-refractivity contribution in [1.29, 1.82) is 0 Å². The Morgan fingerprint density at radius 1 is 1.50 bits per heavy atom. The van der Waals surface area contributed by atoms with Gasteiger partial charge in [0.15, 0.2) is 12.4 Å². The van der Waals surface area contributed by atoms with Gasteiger partial charge in [0, 0.05) is 25.6 Å². The molecule has 0 saturated carbocycles. The second kappa shape index (κ2) is 4.64. The number of anilines is 2. The van der Waals surface area contributed by atoms with Crippen LogP contribution in [-0.2, 0) is 4.79 Å². The average Bonchev–Trinajstić information content (AvgIpc) is 2.36. The van der Waals surface area contributed by atoms with Crippen molar-refractivity contribution in [1.82, 2.24) is 0 Å². The zero-order chi connectivity index (χ0) is 14.3. The molecule has 0 unspecified atom stereocenters. The summed E-state index contributed by atoms with van der Waals surface area (Å²) < 4.78 is 5.18. The molecule has 106 valence electrons. The first kappa shape index (κ1) is 12.7. The van der Waals surface area contributed by atoms with E-state index in [-0.39, 0.29) is 30.7 Å². The van der Waals surface area contributed by atoms with Gasteiger partial charge in [0.25, 0.3) is 11.6 Å². The van der Waals surface area contributed by atoms with Crippen LogP contribution < -0.4 is 15.0 Å². The molecule has 1 saturated heterocycles. The van der Waals surface area contributed by atoms with Crippen molar-refractivity contribution < 1.29 is 19.6 Å². The minimum absolute atomic E-state index is 0.0590. The first-order chi connectivity index (χ1) is 9.58. The van der Waals surface area contributed by atoms with E-state index in [0.717, 1.165) is 0 Å². The lowest BCUT2D eigenvalue weighted by Gasteiger charge is -2.40. The number of hydrogen-bond donors (Lipinski definition) is 2. The van der Waals surface area contributed by atoms with E-state index in [9.17, 15) is 14.9 Å². The number of carbonyl (C=O) groups is 1. The minimum atomic E-state index is -0.471. The molecule has 0 bridgehead atoms. The van der Waals surface area contributed by atoms with Crippen molar-refractivity contribution in [3.8, 4) is 5.75 Å². The van der Waals surface area contributed by atoms with Gasteiger partial charge >= 0.3 is 0 Å². The predicted octanol–water partition coefficient (Wildman–Crippen LogP) is 0.354. The van der Waals surface area contributed by atoms with Crippen LogP contribution in [0.3, 0.4) is 0 Å². The van der Waals surface area contributed by atoms with E-state index in [2.05, 4.69) is 5.32 Å². The SMILES string of the molecule is O=C1COc2cc([N+](=O)[O-])c(N3CC(CO)C3)cc2N1. The van der Waals surface area contributed by atoms with Crippen molar-refractivity contribution in [3.05, 3.63) is 22.2 Å².